The van der Waals surface area contributed by atoms with E-state index in [1.54, 1.807) is 0 Å². The van der Waals surface area contributed by atoms with Crippen molar-refractivity contribution in [3.8, 4) is 0 Å². The van der Waals surface area contributed by atoms with Crippen LogP contribution in [0.2, 0.25) is 0 Å². The summed E-state index contributed by atoms with van der Waals surface area (Å²) in [5, 5.41) is 0. The highest BCUT2D eigenvalue weighted by Gasteiger charge is 2.35. The molecule has 0 radical (unpaired) electrons. The number of aryl methyl sites for hydroxylation is 1. The minimum absolute atomic E-state index is 0.178. The summed E-state index contributed by atoms with van der Waals surface area (Å²) in [7, 11) is 1.88. The molecule has 1 aliphatic heterocycles. The standard InChI is InChI=1S/C28H36BrN3O/c1-5-19-6-9-25-24(14-19)30-28(18(2)3)32(25)26-10-11-31(17-27(26)33-4)16-20-12-21-7-8-23(29)15-22(21)13-20/h6-9,14-15,18,20,26-27H,5,10-13,16-17H2,1-4H3/t20-,26+,27-/m1/s1. The molecule has 1 saturated heterocycles. The highest BCUT2D eigenvalue weighted by Crippen LogP contribution is 2.35. The third-order valence-corrected chi connectivity index (χ3v) is 8.14. The van der Waals surface area contributed by atoms with Crippen LogP contribution in [0.25, 0.3) is 11.0 Å². The van der Waals surface area contributed by atoms with Crippen LogP contribution in [0.1, 0.15) is 61.7 Å². The largest absolute Gasteiger partial charge is 0.378 e. The van der Waals surface area contributed by atoms with Gasteiger partial charge in [-0.2, -0.15) is 0 Å². The summed E-state index contributed by atoms with van der Waals surface area (Å²) in [5.41, 5.74) is 6.79. The molecule has 3 atom stereocenters. The van der Waals surface area contributed by atoms with E-state index in [2.05, 4.69) is 82.6 Å². The Bertz CT molecular complexity index is 1140. The van der Waals surface area contributed by atoms with Crippen LogP contribution < -0.4 is 0 Å². The summed E-state index contributed by atoms with van der Waals surface area (Å²) < 4.78 is 9.84. The topological polar surface area (TPSA) is 30.3 Å². The molecule has 5 rings (SSSR count). The number of nitrogens with zero attached hydrogens (tertiary/aromatic N) is 3. The Morgan fingerprint density at radius 1 is 1.12 bits per heavy atom. The lowest BCUT2D eigenvalue weighted by atomic mass is 9.97. The summed E-state index contributed by atoms with van der Waals surface area (Å²) in [5.74, 6) is 2.28. The average molecular weight is 511 g/mol. The number of hydrogen-bond donors (Lipinski definition) is 0. The molecule has 0 unspecified atom stereocenters. The smallest absolute Gasteiger partial charge is 0.112 e. The number of imidazole rings is 1. The van der Waals surface area contributed by atoms with Crippen LogP contribution in [0.4, 0.5) is 0 Å². The van der Waals surface area contributed by atoms with Crippen molar-refractivity contribution in [1.82, 2.24) is 14.5 Å². The first-order valence-electron chi connectivity index (χ1n) is 12.5. The molecule has 176 valence electrons. The van der Waals surface area contributed by atoms with Gasteiger partial charge in [-0.1, -0.05) is 48.8 Å². The Hall–Kier alpha value is -1.69. The molecule has 2 heterocycles. The van der Waals surface area contributed by atoms with Gasteiger partial charge in [0.2, 0.25) is 0 Å². The second-order valence-corrected chi connectivity index (χ2v) is 11.2. The van der Waals surface area contributed by atoms with E-state index in [0.29, 0.717) is 17.9 Å². The van der Waals surface area contributed by atoms with E-state index in [9.17, 15) is 0 Å². The van der Waals surface area contributed by atoms with Crippen molar-refractivity contribution in [2.24, 2.45) is 5.92 Å². The summed E-state index contributed by atoms with van der Waals surface area (Å²) >= 11 is 3.63. The van der Waals surface area contributed by atoms with Crippen molar-refractivity contribution in [2.45, 2.75) is 64.5 Å². The average Bonchev–Trinajstić information content (AvgIpc) is 3.38. The molecular formula is C28H36BrN3O. The third-order valence-electron chi connectivity index (χ3n) is 7.65. The Balaban J connectivity index is 1.35. The molecule has 33 heavy (non-hydrogen) atoms. The number of hydrogen-bond acceptors (Lipinski definition) is 3. The predicted octanol–water partition coefficient (Wildman–Crippen LogP) is 6.16. The molecule has 5 heteroatoms. The van der Waals surface area contributed by atoms with Crippen molar-refractivity contribution in [3.05, 3.63) is 63.4 Å². The second kappa shape index (κ2) is 9.52. The van der Waals surface area contributed by atoms with E-state index >= 15 is 0 Å². The van der Waals surface area contributed by atoms with Crippen molar-refractivity contribution >= 4 is 27.0 Å². The third kappa shape index (κ3) is 4.52. The van der Waals surface area contributed by atoms with Crippen LogP contribution in [-0.2, 0) is 24.0 Å². The summed E-state index contributed by atoms with van der Waals surface area (Å²) in [6.45, 7) is 9.98. The minimum Gasteiger partial charge on any atom is -0.378 e. The van der Waals surface area contributed by atoms with Crippen LogP contribution in [-0.4, -0.2) is 47.3 Å². The fourth-order valence-corrected chi connectivity index (χ4v) is 6.38. The Morgan fingerprint density at radius 3 is 2.70 bits per heavy atom. The number of ether oxygens (including phenoxy) is 1. The van der Waals surface area contributed by atoms with E-state index in [-0.39, 0.29) is 6.10 Å². The Labute approximate surface area is 206 Å². The monoisotopic (exact) mass is 509 g/mol. The van der Waals surface area contributed by atoms with Crippen LogP contribution >= 0.6 is 15.9 Å². The maximum Gasteiger partial charge on any atom is 0.112 e. The zero-order valence-electron chi connectivity index (χ0n) is 20.4. The van der Waals surface area contributed by atoms with Crippen molar-refractivity contribution < 1.29 is 4.74 Å². The summed E-state index contributed by atoms with van der Waals surface area (Å²) in [6, 6.07) is 13.9. The number of aromatic nitrogens is 2. The maximum absolute atomic E-state index is 6.13. The van der Waals surface area contributed by atoms with Crippen molar-refractivity contribution in [1.29, 1.82) is 0 Å². The van der Waals surface area contributed by atoms with Crippen LogP contribution in [0, 0.1) is 5.92 Å². The lowest BCUT2D eigenvalue weighted by Crippen LogP contribution is -2.47. The first kappa shape index (κ1) is 23.1. The zero-order chi connectivity index (χ0) is 23.1. The van der Waals surface area contributed by atoms with E-state index in [1.165, 1.54) is 45.3 Å². The molecule has 4 nitrogen and oxygen atoms in total. The van der Waals surface area contributed by atoms with Gasteiger partial charge in [-0.05, 0) is 72.6 Å². The zero-order valence-corrected chi connectivity index (χ0v) is 21.9. The van der Waals surface area contributed by atoms with E-state index < -0.39 is 0 Å². The number of piperidine rings is 1. The van der Waals surface area contributed by atoms with Gasteiger partial charge in [0.25, 0.3) is 0 Å². The fourth-order valence-electron chi connectivity index (χ4n) is 5.97. The quantitative estimate of drug-likeness (QED) is 0.398. The van der Waals surface area contributed by atoms with Gasteiger partial charge in [0.1, 0.15) is 5.82 Å². The minimum atomic E-state index is 0.178. The fraction of sp³-hybridized carbons (Fsp3) is 0.536. The molecule has 1 aromatic heterocycles. The Morgan fingerprint density at radius 2 is 1.94 bits per heavy atom. The van der Waals surface area contributed by atoms with Gasteiger partial charge < -0.3 is 14.2 Å². The van der Waals surface area contributed by atoms with E-state index in [0.717, 1.165) is 38.0 Å². The molecule has 0 saturated carbocycles. The van der Waals surface area contributed by atoms with Crippen molar-refractivity contribution in [3.63, 3.8) is 0 Å². The van der Waals surface area contributed by atoms with Gasteiger partial charge in [0.15, 0.2) is 0 Å². The van der Waals surface area contributed by atoms with Gasteiger partial charge in [0.05, 0.1) is 23.2 Å². The van der Waals surface area contributed by atoms with Gasteiger partial charge in [0, 0.05) is 37.1 Å². The van der Waals surface area contributed by atoms with Gasteiger partial charge >= 0.3 is 0 Å². The number of benzene rings is 2. The molecule has 0 spiro atoms. The van der Waals surface area contributed by atoms with Gasteiger partial charge in [-0.25, -0.2) is 4.98 Å². The normalized spacial score (nSPS) is 23.5. The number of halogens is 1. The van der Waals surface area contributed by atoms with Crippen LogP contribution in [0.15, 0.2) is 40.9 Å². The highest BCUT2D eigenvalue weighted by molar-refractivity contribution is 9.10. The molecular weight excluding hydrogens is 474 g/mol. The summed E-state index contributed by atoms with van der Waals surface area (Å²) in [6.07, 6.45) is 4.71. The molecule has 2 aromatic carbocycles. The van der Waals surface area contributed by atoms with E-state index in [4.69, 9.17) is 9.72 Å². The Kier molecular flexibility index (Phi) is 6.65. The predicted molar refractivity (Wildman–Crippen MR) is 139 cm³/mol. The molecule has 1 aliphatic carbocycles. The molecule has 2 aliphatic rings. The molecule has 0 amide bonds. The molecule has 1 fully saturated rings. The van der Waals surface area contributed by atoms with E-state index in [1.807, 2.05) is 7.11 Å². The van der Waals surface area contributed by atoms with Gasteiger partial charge in [-0.3, -0.25) is 0 Å². The highest BCUT2D eigenvalue weighted by atomic mass is 79.9. The number of methoxy groups -OCH3 is 1. The maximum atomic E-state index is 6.13. The lowest BCUT2D eigenvalue weighted by Gasteiger charge is -2.40. The number of likely N-dealkylation sites (tertiary alicyclic amines) is 1. The first-order valence-corrected chi connectivity index (χ1v) is 13.3. The van der Waals surface area contributed by atoms with Crippen LogP contribution in [0.5, 0.6) is 0 Å². The molecule has 3 aromatic rings. The second-order valence-electron chi connectivity index (χ2n) is 10.2. The lowest BCUT2D eigenvalue weighted by molar-refractivity contribution is -0.00966. The number of fused-ring (bicyclic) bond motifs is 2. The van der Waals surface area contributed by atoms with Crippen molar-refractivity contribution in [2.75, 3.05) is 26.7 Å². The first-order chi connectivity index (χ1) is 16.0. The SMILES string of the molecule is CCc1ccc2c(c1)nc(C(C)C)n2[C@H]1CCN(C[C@@H]2Cc3ccc(Br)cc3C2)C[C@H]1OC. The molecule has 0 bridgehead atoms. The van der Waals surface area contributed by atoms with Gasteiger partial charge in [-0.15, -0.1) is 0 Å². The number of rotatable bonds is 6. The molecule has 0 N–H and O–H groups in total. The summed E-state index contributed by atoms with van der Waals surface area (Å²) in [4.78, 5) is 7.73. The van der Waals surface area contributed by atoms with Crippen LogP contribution in [0.3, 0.4) is 0 Å².